The lowest BCUT2D eigenvalue weighted by molar-refractivity contribution is -0.144. The summed E-state index contributed by atoms with van der Waals surface area (Å²) in [7, 11) is 10.2. The molecule has 75 heavy (non-hydrogen) atoms. The first kappa shape index (κ1) is 61.7. The van der Waals surface area contributed by atoms with E-state index in [1.54, 1.807) is 24.3 Å². The number of nitrogens with zero attached hydrogens (tertiary/aromatic N) is 5. The van der Waals surface area contributed by atoms with Gasteiger partial charge in [-0.15, -0.1) is 17.5 Å². The molecule has 27 heteroatoms. The van der Waals surface area contributed by atoms with Gasteiger partial charge in [0.25, 0.3) is 5.56 Å². The van der Waals surface area contributed by atoms with Gasteiger partial charge in [0.1, 0.15) is 46.2 Å². The number of methoxy groups -OCH3 is 8. The van der Waals surface area contributed by atoms with Crippen molar-refractivity contribution in [1.29, 1.82) is 0 Å². The minimum atomic E-state index is -0.788. The minimum Gasteiger partial charge on any atom is -0.503 e. The fourth-order valence-electron chi connectivity index (χ4n) is 5.51. The molecule has 0 radical (unpaired) electrons. The molecule has 0 saturated heterocycles. The number of carbonyl (C=O) groups excluding carboxylic acids is 5. The Morgan fingerprint density at radius 3 is 1.45 bits per heavy atom. The highest BCUT2D eigenvalue weighted by Gasteiger charge is 2.22. The van der Waals surface area contributed by atoms with Gasteiger partial charge in [-0.25, -0.2) is 55.6 Å². The lowest BCUT2D eigenvalue weighted by atomic mass is 10.3. The van der Waals surface area contributed by atoms with Crippen LogP contribution < -0.4 is 26.3 Å². The average Bonchev–Trinajstić information content (AvgIpc) is 4.18. The molecule has 400 valence electrons. The van der Waals surface area contributed by atoms with E-state index >= 15 is 0 Å². The quantitative estimate of drug-likeness (QED) is 0.0144. The zero-order chi connectivity index (χ0) is 54.9. The number of rotatable bonds is 12. The molecule has 0 saturated carbocycles. The zero-order valence-electron chi connectivity index (χ0n) is 41.0. The summed E-state index contributed by atoms with van der Waals surface area (Å²) < 4.78 is 91.4. The van der Waals surface area contributed by atoms with Gasteiger partial charge >= 0.3 is 29.8 Å². The van der Waals surface area contributed by atoms with Crippen LogP contribution in [0, 0.1) is 23.3 Å². The zero-order valence-corrected chi connectivity index (χ0v) is 41.8. The first-order valence-electron chi connectivity index (χ1n) is 20.7. The Kier molecular flexibility index (Phi) is 25.6. The molecule has 3 heterocycles. The Morgan fingerprint density at radius 1 is 0.587 bits per heavy atom. The van der Waals surface area contributed by atoms with Gasteiger partial charge in [-0.3, -0.25) is 15.7 Å². The number of carbonyl (C=O) groups is 5. The van der Waals surface area contributed by atoms with Crippen molar-refractivity contribution in [2.45, 2.75) is 0 Å². The van der Waals surface area contributed by atoms with Crippen molar-refractivity contribution < 1.29 is 79.4 Å². The summed E-state index contributed by atoms with van der Waals surface area (Å²) in [5, 5.41) is 10.7. The third-order valence-corrected chi connectivity index (χ3v) is 9.08. The van der Waals surface area contributed by atoms with Crippen LogP contribution in [0.15, 0.2) is 132 Å². The van der Waals surface area contributed by atoms with Gasteiger partial charge < -0.3 is 43.3 Å². The molecule has 0 atom stereocenters. The molecule has 0 bridgehead atoms. The number of H-pyrrole nitrogens is 1. The van der Waals surface area contributed by atoms with Crippen LogP contribution in [-0.4, -0.2) is 116 Å². The third kappa shape index (κ3) is 17.7. The summed E-state index contributed by atoms with van der Waals surface area (Å²) in [6, 6.07) is 22.5. The molecule has 4 aromatic carbocycles. The molecule has 0 aliphatic rings. The van der Waals surface area contributed by atoms with Gasteiger partial charge in [-0.05, 0) is 97.1 Å². The van der Waals surface area contributed by atoms with E-state index in [1.165, 1.54) is 143 Å². The van der Waals surface area contributed by atoms with Crippen molar-refractivity contribution in [3.63, 3.8) is 0 Å². The highest BCUT2D eigenvalue weighted by molar-refractivity contribution is 6.13. The average molecular weight is 1070 g/mol. The van der Waals surface area contributed by atoms with Crippen LogP contribution in [0.1, 0.15) is 31.1 Å². The van der Waals surface area contributed by atoms with E-state index in [2.05, 4.69) is 49.1 Å². The number of aromatic amines is 1. The summed E-state index contributed by atoms with van der Waals surface area (Å²) in [5.74, 6) is 0.707. The second-order valence-electron chi connectivity index (χ2n) is 13.6. The highest BCUT2D eigenvalue weighted by Crippen LogP contribution is 2.23. The number of ether oxygens (including phenoxy) is 8. The van der Waals surface area contributed by atoms with E-state index in [1.807, 2.05) is 0 Å². The topological polar surface area (TPSA) is 271 Å². The van der Waals surface area contributed by atoms with Crippen LogP contribution in [-0.2, 0) is 38.0 Å². The molecule has 4 N–H and O–H groups in total. The van der Waals surface area contributed by atoms with Crippen LogP contribution in [0.3, 0.4) is 0 Å². The van der Waals surface area contributed by atoms with Gasteiger partial charge in [-0.1, -0.05) is 0 Å². The van der Waals surface area contributed by atoms with Crippen molar-refractivity contribution in [3.8, 4) is 28.8 Å². The van der Waals surface area contributed by atoms with E-state index in [0.717, 1.165) is 25.2 Å². The van der Waals surface area contributed by atoms with E-state index in [4.69, 9.17) is 15.3 Å². The van der Waals surface area contributed by atoms with Crippen LogP contribution in [0.25, 0.3) is 17.1 Å². The summed E-state index contributed by atoms with van der Waals surface area (Å²) in [6.07, 6.45) is 5.03. The highest BCUT2D eigenvalue weighted by atomic mass is 35.5. The second-order valence-corrected chi connectivity index (χ2v) is 13.6. The number of halogens is 5. The SMILES string of the molecule is COC(=O)c1c[nH]n(-c2ccc(F)cc2)c1=O.COC(=O)c1cn(-c2ccc(F)cc2)nc1OC.COC(=O)c1cnn(-c2ccc(F)cc2)c1OC.COC=C(C(=O)OC)C(=O)OC.Cl.NNc1ccc(F)cc1. The number of hydrogen-bond acceptors (Lipinski definition) is 18. The van der Waals surface area contributed by atoms with Crippen molar-refractivity contribution in [2.24, 2.45) is 5.84 Å². The maximum Gasteiger partial charge on any atom is 0.348 e. The molecule has 3 aromatic heterocycles. The Morgan fingerprint density at radius 2 is 1.03 bits per heavy atom. The van der Waals surface area contributed by atoms with E-state index < -0.39 is 41.2 Å². The Hall–Kier alpha value is -9.43. The van der Waals surface area contributed by atoms with E-state index in [9.17, 15) is 46.3 Å². The number of nitrogens with one attached hydrogen (secondary N) is 2. The normalized spacial score (nSPS) is 9.61. The second kappa shape index (κ2) is 31.1. The molecule has 7 rings (SSSR count). The lowest BCUT2D eigenvalue weighted by Gasteiger charge is -2.07. The van der Waals surface area contributed by atoms with Gasteiger partial charge in [-0.2, -0.15) is 5.10 Å². The molecule has 0 amide bonds. The van der Waals surface area contributed by atoms with E-state index in [-0.39, 0.29) is 63.9 Å². The van der Waals surface area contributed by atoms with E-state index in [0.29, 0.717) is 22.7 Å². The van der Waals surface area contributed by atoms with Crippen molar-refractivity contribution in [2.75, 3.05) is 62.3 Å². The predicted octanol–water partition coefficient (Wildman–Crippen LogP) is 6.10. The number of esters is 5. The summed E-state index contributed by atoms with van der Waals surface area (Å²) >= 11 is 0. The van der Waals surface area contributed by atoms with Gasteiger partial charge in [0.2, 0.25) is 11.8 Å². The maximum atomic E-state index is 12.8. The van der Waals surface area contributed by atoms with Gasteiger partial charge in [0.15, 0.2) is 5.57 Å². The Labute approximate surface area is 430 Å². The number of hydrogen-bond donors (Lipinski definition) is 3. The summed E-state index contributed by atoms with van der Waals surface area (Å²) in [5.41, 5.74) is 4.24. The lowest BCUT2D eigenvalue weighted by Crippen LogP contribution is -2.20. The smallest absolute Gasteiger partial charge is 0.348 e. The minimum absolute atomic E-state index is 0. The van der Waals surface area contributed by atoms with Crippen molar-refractivity contribution in [3.05, 3.63) is 178 Å². The summed E-state index contributed by atoms with van der Waals surface area (Å²) in [4.78, 5) is 67.6. The third-order valence-electron chi connectivity index (χ3n) is 9.08. The number of anilines is 1. The largest absolute Gasteiger partial charge is 0.503 e. The van der Waals surface area contributed by atoms with Gasteiger partial charge in [0.05, 0.1) is 80.1 Å². The molecular weight excluding hydrogens is 1020 g/mol. The molecule has 22 nitrogen and oxygen atoms in total. The molecule has 0 spiro atoms. The maximum absolute atomic E-state index is 12.8. The molecular formula is C48H49ClF4N8O14. The molecule has 7 aromatic rings. The molecule has 0 unspecified atom stereocenters. The molecule has 0 aliphatic carbocycles. The Bertz CT molecular complexity index is 3000. The fraction of sp³-hybridized carbons (Fsp3) is 0.167. The number of hydrazine groups is 1. The van der Waals surface area contributed by atoms with Crippen molar-refractivity contribution in [1.82, 2.24) is 29.3 Å². The monoisotopic (exact) mass is 1070 g/mol. The number of nitrogens with two attached hydrogens (primary N) is 1. The van der Waals surface area contributed by atoms with Crippen LogP contribution in [0.2, 0.25) is 0 Å². The van der Waals surface area contributed by atoms with Crippen LogP contribution in [0.4, 0.5) is 23.2 Å². The molecule has 0 fully saturated rings. The fourth-order valence-corrected chi connectivity index (χ4v) is 5.51. The van der Waals surface area contributed by atoms with Crippen LogP contribution in [0.5, 0.6) is 11.8 Å². The molecule has 0 aliphatic heterocycles. The van der Waals surface area contributed by atoms with Crippen LogP contribution >= 0.6 is 12.4 Å². The van der Waals surface area contributed by atoms with Crippen molar-refractivity contribution >= 4 is 47.9 Å². The standard InChI is InChI=1S/2C12H11FN2O3.C11H9FN2O3.C7H10O5.C6H7FN2.ClH/c1-17-11-10(12(16)18-2)7-15(14-11)9-5-3-8(13)4-6-9;1-17-11-10(12(16)18-2)7-14-15(11)9-5-3-8(13)4-6-9;1-17-11(16)9-6-13-14(10(9)15)8-4-2-7(12)3-5-8;1-10-4-5(6(8)11-2)7(9)12-3;7-5-1-3-6(9-8)4-2-5;/h2*3-7H,1-2H3;2-6,13H,1H3;4H,1-3H3;1-4,9H,8H2;1H. The number of aromatic nitrogens is 6. The number of benzene rings is 4. The first-order chi connectivity index (χ1) is 35.4. The Balaban J connectivity index is 0.000000326. The predicted molar refractivity (Wildman–Crippen MR) is 261 cm³/mol. The number of nitrogen functional groups attached to an aromatic ring is 1. The summed E-state index contributed by atoms with van der Waals surface area (Å²) in [6.45, 7) is 0. The first-order valence-corrected chi connectivity index (χ1v) is 20.7. The van der Waals surface area contributed by atoms with Gasteiger partial charge in [0, 0.05) is 18.1 Å².